The van der Waals surface area contributed by atoms with Gasteiger partial charge in [0, 0.05) is 30.3 Å². The number of imidazole rings is 1. The second-order valence-electron chi connectivity index (χ2n) is 3.79. The van der Waals surface area contributed by atoms with Crippen molar-refractivity contribution >= 4 is 10.0 Å². The number of nitrogens with zero attached hydrogens (tertiary/aromatic N) is 1. The van der Waals surface area contributed by atoms with Crippen molar-refractivity contribution in [2.45, 2.75) is 18.0 Å². The Morgan fingerprint density at radius 2 is 2.11 bits per heavy atom. The van der Waals surface area contributed by atoms with E-state index in [4.69, 9.17) is 0 Å². The number of rotatable bonds is 6. The first-order valence-corrected chi connectivity index (χ1v) is 6.89. The molecule has 8 heteroatoms. The smallest absolute Gasteiger partial charge is 0.242 e. The Morgan fingerprint density at radius 1 is 1.28 bits per heavy atom. The van der Waals surface area contributed by atoms with E-state index in [-0.39, 0.29) is 11.4 Å². The highest BCUT2D eigenvalue weighted by Gasteiger charge is 2.15. The zero-order valence-electron chi connectivity index (χ0n) is 9.90. The Kier molecular flexibility index (Phi) is 3.80. The van der Waals surface area contributed by atoms with E-state index in [1.165, 1.54) is 12.5 Å². The van der Waals surface area contributed by atoms with Crippen LogP contribution in [-0.4, -0.2) is 30.4 Å². The van der Waals surface area contributed by atoms with Gasteiger partial charge in [0.05, 0.1) is 17.8 Å². The summed E-state index contributed by atoms with van der Waals surface area (Å²) in [7, 11) is -1.69. The van der Waals surface area contributed by atoms with E-state index in [0.717, 1.165) is 5.69 Å². The molecular weight excluding hydrogens is 254 g/mol. The molecule has 18 heavy (non-hydrogen) atoms. The van der Waals surface area contributed by atoms with Gasteiger partial charge in [-0.25, -0.2) is 18.1 Å². The third kappa shape index (κ3) is 2.97. The van der Waals surface area contributed by atoms with Crippen LogP contribution in [-0.2, 0) is 23.1 Å². The maximum absolute atomic E-state index is 12.0. The van der Waals surface area contributed by atoms with Crippen LogP contribution >= 0.6 is 0 Å². The lowest BCUT2D eigenvalue weighted by atomic mass is 10.4. The minimum Gasteiger partial charge on any atom is -0.363 e. The fraction of sp³-hybridized carbons (Fsp3) is 0.300. The Morgan fingerprint density at radius 3 is 2.78 bits per heavy atom. The fourth-order valence-electron chi connectivity index (χ4n) is 1.50. The van der Waals surface area contributed by atoms with Crippen LogP contribution < -0.4 is 10.0 Å². The van der Waals surface area contributed by atoms with Gasteiger partial charge in [-0.3, -0.25) is 0 Å². The summed E-state index contributed by atoms with van der Waals surface area (Å²) in [5.41, 5.74) is 1.53. The SMILES string of the molecule is CNCc1cc(S(=O)(=O)NCc2cnc[nH]2)c[nH]1. The topological polar surface area (TPSA) is 103 Å². The average Bonchev–Trinajstić information content (AvgIpc) is 2.98. The second kappa shape index (κ2) is 5.34. The van der Waals surface area contributed by atoms with Crippen LogP contribution in [0.4, 0.5) is 0 Å². The molecule has 0 spiro atoms. The summed E-state index contributed by atoms with van der Waals surface area (Å²) in [4.78, 5) is 9.78. The third-order valence-corrected chi connectivity index (χ3v) is 3.78. The maximum Gasteiger partial charge on any atom is 0.242 e. The molecule has 4 N–H and O–H groups in total. The minimum atomic E-state index is -3.49. The van der Waals surface area contributed by atoms with E-state index >= 15 is 0 Å². The minimum absolute atomic E-state index is 0.189. The molecule has 0 radical (unpaired) electrons. The van der Waals surface area contributed by atoms with Crippen LogP contribution in [0.1, 0.15) is 11.4 Å². The molecule has 0 aliphatic carbocycles. The molecule has 0 bridgehead atoms. The molecule has 0 saturated carbocycles. The van der Waals surface area contributed by atoms with Gasteiger partial charge >= 0.3 is 0 Å². The summed E-state index contributed by atoms with van der Waals surface area (Å²) in [5.74, 6) is 0. The van der Waals surface area contributed by atoms with E-state index in [0.29, 0.717) is 12.2 Å². The van der Waals surface area contributed by atoms with Crippen LogP contribution in [0, 0.1) is 0 Å². The Hall–Kier alpha value is -1.64. The van der Waals surface area contributed by atoms with Crippen molar-refractivity contribution in [2.75, 3.05) is 7.05 Å². The summed E-state index contributed by atoms with van der Waals surface area (Å²) in [6.07, 6.45) is 4.55. The molecule has 0 fully saturated rings. The predicted octanol–water partition coefficient (Wildman–Crippen LogP) is -0.0643. The zero-order chi connectivity index (χ0) is 13.0. The number of hydrogen-bond acceptors (Lipinski definition) is 4. The van der Waals surface area contributed by atoms with Crippen molar-refractivity contribution in [1.29, 1.82) is 0 Å². The highest BCUT2D eigenvalue weighted by atomic mass is 32.2. The molecule has 7 nitrogen and oxygen atoms in total. The molecule has 2 aromatic heterocycles. The molecule has 0 amide bonds. The molecule has 2 heterocycles. The van der Waals surface area contributed by atoms with Crippen molar-refractivity contribution in [3.63, 3.8) is 0 Å². The van der Waals surface area contributed by atoms with Crippen molar-refractivity contribution < 1.29 is 8.42 Å². The first-order valence-electron chi connectivity index (χ1n) is 5.40. The predicted molar refractivity (Wildman–Crippen MR) is 66.2 cm³/mol. The quantitative estimate of drug-likeness (QED) is 0.589. The van der Waals surface area contributed by atoms with Crippen molar-refractivity contribution in [3.05, 3.63) is 36.2 Å². The van der Waals surface area contributed by atoms with Crippen molar-refractivity contribution in [1.82, 2.24) is 25.0 Å². The van der Waals surface area contributed by atoms with Gasteiger partial charge in [-0.05, 0) is 13.1 Å². The summed E-state index contributed by atoms with van der Waals surface area (Å²) < 4.78 is 26.4. The largest absolute Gasteiger partial charge is 0.363 e. The molecule has 98 valence electrons. The van der Waals surface area contributed by atoms with Gasteiger partial charge in [0.2, 0.25) is 10.0 Å². The van der Waals surface area contributed by atoms with Crippen molar-refractivity contribution in [3.8, 4) is 0 Å². The number of nitrogens with one attached hydrogen (secondary N) is 4. The van der Waals surface area contributed by atoms with Crippen LogP contribution in [0.15, 0.2) is 29.7 Å². The van der Waals surface area contributed by atoms with Gasteiger partial charge in [-0.15, -0.1) is 0 Å². The molecule has 0 atom stereocenters. The molecular formula is C10H15N5O2S. The standard InChI is InChI=1S/C10H15N5O2S/c1-11-3-8-2-10(6-13-8)18(16,17)15-5-9-4-12-7-14-9/h2,4,6-7,11,13,15H,3,5H2,1H3,(H,12,14). The van der Waals surface area contributed by atoms with E-state index in [2.05, 4.69) is 25.0 Å². The molecule has 2 aromatic rings. The van der Waals surface area contributed by atoms with Crippen molar-refractivity contribution in [2.24, 2.45) is 0 Å². The number of aromatic nitrogens is 3. The second-order valence-corrected chi connectivity index (χ2v) is 5.56. The van der Waals surface area contributed by atoms with E-state index in [1.54, 1.807) is 19.3 Å². The summed E-state index contributed by atoms with van der Waals surface area (Å²) >= 11 is 0. The summed E-state index contributed by atoms with van der Waals surface area (Å²) in [5, 5.41) is 2.94. The molecule has 0 saturated heterocycles. The maximum atomic E-state index is 12.0. The number of hydrogen-bond donors (Lipinski definition) is 4. The third-order valence-electron chi connectivity index (χ3n) is 2.40. The Balaban J connectivity index is 2.05. The van der Waals surface area contributed by atoms with E-state index in [1.807, 2.05) is 0 Å². The van der Waals surface area contributed by atoms with E-state index < -0.39 is 10.0 Å². The first-order chi connectivity index (χ1) is 8.62. The summed E-state index contributed by atoms with van der Waals surface area (Å²) in [6.45, 7) is 0.783. The van der Waals surface area contributed by atoms with Gasteiger partial charge < -0.3 is 15.3 Å². The highest BCUT2D eigenvalue weighted by molar-refractivity contribution is 7.89. The van der Waals surface area contributed by atoms with Gasteiger partial charge in [-0.1, -0.05) is 0 Å². The molecule has 0 aliphatic heterocycles. The normalized spacial score (nSPS) is 11.8. The number of aromatic amines is 2. The first kappa shape index (κ1) is 12.8. The molecule has 2 rings (SSSR count). The van der Waals surface area contributed by atoms with E-state index in [9.17, 15) is 8.42 Å². The monoisotopic (exact) mass is 269 g/mol. The lowest BCUT2D eigenvalue weighted by Gasteiger charge is -2.02. The molecule has 0 aromatic carbocycles. The molecule has 0 aliphatic rings. The van der Waals surface area contributed by atoms with Gasteiger partial charge in [0.25, 0.3) is 0 Å². The van der Waals surface area contributed by atoms with Crippen LogP contribution in [0.3, 0.4) is 0 Å². The summed E-state index contributed by atoms with van der Waals surface area (Å²) in [6, 6.07) is 1.60. The number of sulfonamides is 1. The highest BCUT2D eigenvalue weighted by Crippen LogP contribution is 2.10. The van der Waals surface area contributed by atoms with Gasteiger partial charge in [-0.2, -0.15) is 0 Å². The zero-order valence-corrected chi connectivity index (χ0v) is 10.7. The van der Waals surface area contributed by atoms with Crippen LogP contribution in [0.2, 0.25) is 0 Å². The van der Waals surface area contributed by atoms with Gasteiger partial charge in [0.1, 0.15) is 0 Å². The Labute approximate surface area is 105 Å². The van der Waals surface area contributed by atoms with Crippen LogP contribution in [0.5, 0.6) is 0 Å². The average molecular weight is 269 g/mol. The number of H-pyrrole nitrogens is 2. The lowest BCUT2D eigenvalue weighted by Crippen LogP contribution is -2.23. The van der Waals surface area contributed by atoms with Gasteiger partial charge in [0.15, 0.2) is 0 Å². The fourth-order valence-corrected chi connectivity index (χ4v) is 2.53. The lowest BCUT2D eigenvalue weighted by molar-refractivity contribution is 0.580. The molecule has 0 unspecified atom stereocenters. The Bertz CT molecular complexity index is 588. The van der Waals surface area contributed by atoms with Crippen LogP contribution in [0.25, 0.3) is 0 Å².